The molecule has 4 rings (SSSR count). The van der Waals surface area contributed by atoms with Crippen molar-refractivity contribution in [2.45, 2.75) is 19.5 Å². The number of fused-ring (bicyclic) bond motifs is 1. The molecular weight excluding hydrogens is 525 g/mol. The first-order chi connectivity index (χ1) is 19.1. The molecule has 0 saturated heterocycles. The number of halogens is 3. The Morgan fingerprint density at radius 3 is 2.40 bits per heavy atom. The monoisotopic (exact) mass is 552 g/mol. The Morgan fingerprint density at radius 1 is 0.925 bits per heavy atom. The van der Waals surface area contributed by atoms with Crippen LogP contribution in [0.2, 0.25) is 0 Å². The van der Waals surface area contributed by atoms with Crippen molar-refractivity contribution in [2.75, 3.05) is 32.2 Å². The van der Waals surface area contributed by atoms with Crippen LogP contribution in [-0.4, -0.2) is 48.7 Å². The Labute approximate surface area is 228 Å². The number of carbonyl (C=O) groups is 2. The number of amides is 2. The lowest BCUT2D eigenvalue weighted by atomic mass is 10.1. The first kappa shape index (κ1) is 28.5. The van der Waals surface area contributed by atoms with Crippen LogP contribution in [0.5, 0.6) is 5.75 Å². The number of hydrogen-bond acceptors (Lipinski definition) is 6. The van der Waals surface area contributed by atoms with E-state index in [2.05, 4.69) is 10.6 Å². The lowest BCUT2D eigenvalue weighted by molar-refractivity contribution is -0.137. The summed E-state index contributed by atoms with van der Waals surface area (Å²) in [6.07, 6.45) is -4.16. The minimum atomic E-state index is -4.56. The number of aromatic nitrogens is 2. The Bertz CT molecular complexity index is 1510. The van der Waals surface area contributed by atoms with Crippen molar-refractivity contribution in [3.8, 4) is 17.0 Å². The highest BCUT2D eigenvalue weighted by atomic mass is 19.4. The summed E-state index contributed by atoms with van der Waals surface area (Å²) in [7, 11) is 1.60. The van der Waals surface area contributed by atoms with Crippen molar-refractivity contribution >= 4 is 28.5 Å². The molecule has 0 unspecified atom stereocenters. The van der Waals surface area contributed by atoms with E-state index in [1.807, 2.05) is 24.3 Å². The molecule has 1 heterocycles. The molecule has 2 N–H and O–H groups in total. The van der Waals surface area contributed by atoms with Gasteiger partial charge in [0.05, 0.1) is 34.6 Å². The van der Waals surface area contributed by atoms with Crippen LogP contribution in [0.1, 0.15) is 28.5 Å². The number of methoxy groups -OCH3 is 1. The van der Waals surface area contributed by atoms with Gasteiger partial charge in [-0.15, -0.1) is 0 Å². The van der Waals surface area contributed by atoms with Gasteiger partial charge >= 0.3 is 6.18 Å². The van der Waals surface area contributed by atoms with Gasteiger partial charge in [0.2, 0.25) is 5.91 Å². The highest BCUT2D eigenvalue weighted by molar-refractivity contribution is 6.05. The SMILES string of the molecule is COCCOc1ccc(-c2nc3ccc(NC(=O)c4cccc(C(F)(F)F)c4)cc3nc2CCNC(C)=O)cc1. The third-order valence-corrected chi connectivity index (χ3v) is 5.87. The van der Waals surface area contributed by atoms with Crippen LogP contribution in [0.25, 0.3) is 22.3 Å². The van der Waals surface area contributed by atoms with Gasteiger partial charge in [0.25, 0.3) is 5.91 Å². The van der Waals surface area contributed by atoms with Gasteiger partial charge in [0.15, 0.2) is 0 Å². The number of rotatable bonds is 10. The van der Waals surface area contributed by atoms with E-state index in [4.69, 9.17) is 19.4 Å². The molecule has 3 aromatic carbocycles. The van der Waals surface area contributed by atoms with Crippen molar-refractivity contribution in [3.63, 3.8) is 0 Å². The second kappa shape index (κ2) is 12.6. The van der Waals surface area contributed by atoms with Gasteiger partial charge in [-0.3, -0.25) is 9.59 Å². The largest absolute Gasteiger partial charge is 0.491 e. The maximum Gasteiger partial charge on any atom is 0.416 e. The van der Waals surface area contributed by atoms with E-state index in [9.17, 15) is 22.8 Å². The molecule has 8 nitrogen and oxygen atoms in total. The van der Waals surface area contributed by atoms with E-state index in [0.717, 1.165) is 17.7 Å². The molecule has 208 valence electrons. The summed E-state index contributed by atoms with van der Waals surface area (Å²) in [5.41, 5.74) is 2.39. The van der Waals surface area contributed by atoms with Crippen LogP contribution in [0.3, 0.4) is 0 Å². The zero-order valence-corrected chi connectivity index (χ0v) is 21.8. The summed E-state index contributed by atoms with van der Waals surface area (Å²) < 4.78 is 49.8. The van der Waals surface area contributed by atoms with Gasteiger partial charge in [-0.05, 0) is 60.7 Å². The predicted molar refractivity (Wildman–Crippen MR) is 144 cm³/mol. The highest BCUT2D eigenvalue weighted by Gasteiger charge is 2.31. The van der Waals surface area contributed by atoms with Crippen LogP contribution in [0.15, 0.2) is 66.7 Å². The molecule has 0 radical (unpaired) electrons. The van der Waals surface area contributed by atoms with Crippen molar-refractivity contribution in [1.29, 1.82) is 0 Å². The molecule has 1 aromatic heterocycles. The quantitative estimate of drug-likeness (QED) is 0.260. The zero-order valence-electron chi connectivity index (χ0n) is 21.8. The molecule has 40 heavy (non-hydrogen) atoms. The fourth-order valence-corrected chi connectivity index (χ4v) is 3.92. The molecule has 0 spiro atoms. The van der Waals surface area contributed by atoms with E-state index in [0.29, 0.717) is 60.0 Å². The van der Waals surface area contributed by atoms with Crippen molar-refractivity contribution < 1.29 is 32.2 Å². The molecular formula is C29H27F3N4O4. The van der Waals surface area contributed by atoms with E-state index in [-0.39, 0.29) is 11.5 Å². The fourth-order valence-electron chi connectivity index (χ4n) is 3.92. The van der Waals surface area contributed by atoms with Crippen molar-refractivity contribution in [2.24, 2.45) is 0 Å². The smallest absolute Gasteiger partial charge is 0.416 e. The average Bonchev–Trinajstić information content (AvgIpc) is 2.92. The van der Waals surface area contributed by atoms with Gasteiger partial charge < -0.3 is 20.1 Å². The number of hydrogen-bond donors (Lipinski definition) is 2. The fraction of sp³-hybridized carbons (Fsp3) is 0.241. The molecule has 0 fully saturated rings. The second-order valence-electron chi connectivity index (χ2n) is 8.85. The molecule has 0 aliphatic rings. The standard InChI is InChI=1S/C29H27F3N4O4/c1-18(37)33-13-12-25-27(19-6-9-23(10-7-19)40-15-14-39-2)36-24-11-8-22(17-26(24)35-25)34-28(38)20-4-3-5-21(16-20)29(30,31)32/h3-11,16-17H,12-15H2,1-2H3,(H,33,37)(H,34,38). The summed E-state index contributed by atoms with van der Waals surface area (Å²) in [4.78, 5) is 33.6. The summed E-state index contributed by atoms with van der Waals surface area (Å²) in [6.45, 7) is 2.65. The lowest BCUT2D eigenvalue weighted by Gasteiger charge is -2.13. The molecule has 11 heteroatoms. The van der Waals surface area contributed by atoms with Crippen LogP contribution in [0.4, 0.5) is 18.9 Å². The number of benzene rings is 3. The van der Waals surface area contributed by atoms with Crippen LogP contribution >= 0.6 is 0 Å². The Hall–Kier alpha value is -4.51. The molecule has 0 bridgehead atoms. The molecule has 2 amide bonds. The number of anilines is 1. The minimum absolute atomic E-state index is 0.123. The maximum atomic E-state index is 13.1. The van der Waals surface area contributed by atoms with Gasteiger partial charge in [-0.1, -0.05) is 6.07 Å². The first-order valence-corrected chi connectivity index (χ1v) is 12.4. The van der Waals surface area contributed by atoms with Gasteiger partial charge in [-0.25, -0.2) is 9.97 Å². The summed E-state index contributed by atoms with van der Waals surface area (Å²) >= 11 is 0. The molecule has 0 aliphatic carbocycles. The minimum Gasteiger partial charge on any atom is -0.491 e. The average molecular weight is 553 g/mol. The van der Waals surface area contributed by atoms with E-state index < -0.39 is 17.6 Å². The normalized spacial score (nSPS) is 11.3. The van der Waals surface area contributed by atoms with Gasteiger partial charge in [0.1, 0.15) is 12.4 Å². The van der Waals surface area contributed by atoms with Gasteiger partial charge in [0, 0.05) is 43.8 Å². The maximum absolute atomic E-state index is 13.1. The predicted octanol–water partition coefficient (Wildman–Crippen LogP) is 5.27. The summed E-state index contributed by atoms with van der Waals surface area (Å²) in [5.74, 6) is -0.184. The van der Waals surface area contributed by atoms with Crippen LogP contribution < -0.4 is 15.4 Å². The first-order valence-electron chi connectivity index (χ1n) is 12.4. The van der Waals surface area contributed by atoms with E-state index >= 15 is 0 Å². The number of nitrogens with zero attached hydrogens (tertiary/aromatic N) is 2. The van der Waals surface area contributed by atoms with Crippen LogP contribution in [-0.2, 0) is 22.1 Å². The number of alkyl halides is 3. The third kappa shape index (κ3) is 7.32. The topological polar surface area (TPSA) is 102 Å². The Kier molecular flexibility index (Phi) is 8.95. The molecule has 0 saturated carbocycles. The highest BCUT2D eigenvalue weighted by Crippen LogP contribution is 2.30. The molecule has 0 atom stereocenters. The number of ether oxygens (including phenoxy) is 2. The van der Waals surface area contributed by atoms with Crippen LogP contribution in [0, 0.1) is 0 Å². The number of carbonyl (C=O) groups excluding carboxylic acids is 2. The van der Waals surface area contributed by atoms with Gasteiger partial charge in [-0.2, -0.15) is 13.2 Å². The Morgan fingerprint density at radius 2 is 1.70 bits per heavy atom. The van der Waals surface area contributed by atoms with Crippen molar-refractivity contribution in [1.82, 2.24) is 15.3 Å². The summed E-state index contributed by atoms with van der Waals surface area (Å²) in [6, 6.07) is 16.5. The van der Waals surface area contributed by atoms with E-state index in [1.54, 1.807) is 25.3 Å². The Balaban J connectivity index is 1.62. The molecule has 4 aromatic rings. The second-order valence-corrected chi connectivity index (χ2v) is 8.85. The third-order valence-electron chi connectivity index (χ3n) is 5.87. The summed E-state index contributed by atoms with van der Waals surface area (Å²) in [5, 5.41) is 5.38. The number of nitrogens with one attached hydrogen (secondary N) is 2. The van der Waals surface area contributed by atoms with Crippen molar-refractivity contribution in [3.05, 3.63) is 83.6 Å². The van der Waals surface area contributed by atoms with E-state index in [1.165, 1.54) is 19.1 Å². The lowest BCUT2D eigenvalue weighted by Crippen LogP contribution is -2.23. The zero-order chi connectivity index (χ0) is 28.7. The molecule has 0 aliphatic heterocycles.